The van der Waals surface area contributed by atoms with Crippen LogP contribution in [0.2, 0.25) is 0 Å². The lowest BCUT2D eigenvalue weighted by molar-refractivity contribution is 0.0307. The molecule has 0 bridgehead atoms. The molecular weight excluding hydrogens is 513 g/mol. The first-order chi connectivity index (χ1) is 17.7. The fraction of sp³-hybridized carbons (Fsp3) is 0.519. The number of benzene rings is 1. The van der Waals surface area contributed by atoms with Crippen LogP contribution in [0, 0.1) is 11.2 Å². The second-order valence-electron chi connectivity index (χ2n) is 11.0. The second-order valence-corrected chi connectivity index (χ2v) is 13.3. The van der Waals surface area contributed by atoms with Gasteiger partial charge >= 0.3 is 5.69 Å². The smallest absolute Gasteiger partial charge is 0.334 e. The van der Waals surface area contributed by atoms with Gasteiger partial charge in [-0.2, -0.15) is 0 Å². The molecule has 2 aromatic heterocycles. The van der Waals surface area contributed by atoms with Crippen LogP contribution in [0.1, 0.15) is 70.3 Å². The molecule has 1 N–H and O–H groups in total. The summed E-state index contributed by atoms with van der Waals surface area (Å²) in [7, 11) is -3.07. The molecule has 1 unspecified atom stereocenters. The number of aromatic nitrogens is 3. The van der Waals surface area contributed by atoms with Crippen molar-refractivity contribution in [3.05, 3.63) is 52.3 Å². The van der Waals surface area contributed by atoms with Crippen molar-refractivity contribution in [2.24, 2.45) is 5.41 Å². The minimum Gasteiger partial charge on any atom is -0.478 e. The van der Waals surface area contributed by atoms with Gasteiger partial charge in [0.25, 0.3) is 0 Å². The van der Waals surface area contributed by atoms with E-state index in [0.29, 0.717) is 36.0 Å². The Balaban J connectivity index is 1.85. The highest BCUT2D eigenvalue weighted by Crippen LogP contribution is 2.37. The van der Waals surface area contributed by atoms with E-state index in [9.17, 15) is 27.5 Å². The van der Waals surface area contributed by atoms with E-state index in [0.717, 1.165) is 6.20 Å². The Hall–Kier alpha value is -3.05. The average molecular weight is 548 g/mol. The third-order valence-electron chi connectivity index (χ3n) is 7.57. The van der Waals surface area contributed by atoms with Gasteiger partial charge in [-0.25, -0.2) is 22.6 Å². The van der Waals surface area contributed by atoms with E-state index in [1.54, 1.807) is 45.9 Å². The molecule has 3 heterocycles. The molecule has 1 fully saturated rings. The molecule has 11 heteroatoms. The molecule has 3 aromatic rings. The van der Waals surface area contributed by atoms with Crippen LogP contribution in [0.25, 0.3) is 16.7 Å². The Kier molecular flexibility index (Phi) is 7.30. The zero-order chi connectivity index (χ0) is 28.0. The summed E-state index contributed by atoms with van der Waals surface area (Å²) in [6, 6.07) is 5.39. The number of carbonyl (C=O) groups is 1. The summed E-state index contributed by atoms with van der Waals surface area (Å²) in [6.45, 7) is 8.81. The van der Waals surface area contributed by atoms with Crippen LogP contribution in [0.5, 0.6) is 5.88 Å². The molecule has 1 atom stereocenters. The molecule has 0 aliphatic carbocycles. The predicted molar refractivity (Wildman–Crippen MR) is 142 cm³/mol. The van der Waals surface area contributed by atoms with Gasteiger partial charge < -0.3 is 9.84 Å². The molecule has 0 radical (unpaired) electrons. The summed E-state index contributed by atoms with van der Waals surface area (Å²) in [5.74, 6) is -0.636. The van der Waals surface area contributed by atoms with Gasteiger partial charge in [0.05, 0.1) is 52.7 Å². The summed E-state index contributed by atoms with van der Waals surface area (Å²) in [5, 5.41) is 10.8. The number of ketones is 1. The van der Waals surface area contributed by atoms with Crippen molar-refractivity contribution in [3.8, 4) is 11.6 Å². The van der Waals surface area contributed by atoms with Gasteiger partial charge in [-0.3, -0.25) is 13.9 Å². The minimum absolute atomic E-state index is 0.0581. The number of imidazole rings is 1. The van der Waals surface area contributed by atoms with Crippen LogP contribution in [-0.2, 0) is 9.84 Å². The van der Waals surface area contributed by atoms with Gasteiger partial charge in [0.1, 0.15) is 9.84 Å². The molecule has 4 rings (SSSR count). The lowest BCUT2D eigenvalue weighted by Gasteiger charge is -2.32. The molecule has 0 saturated carbocycles. The molecular formula is C27H34FN3O6S. The first-order valence-electron chi connectivity index (χ1n) is 12.7. The number of pyridine rings is 1. The molecule has 206 valence electrons. The van der Waals surface area contributed by atoms with Crippen LogP contribution in [-0.4, -0.2) is 57.1 Å². The maximum absolute atomic E-state index is 15.0. The SMILES string of the molecule is CCOc1cc(-n2c(=O)n(C(C)C(C)(C)O)c3cc(C(=O)CC4(C)CCS(=O)(=O)CC4)ccc32)c(F)cn1. The standard InChI is InChI=1S/C27H34FN3O6S/c1-6-37-24-14-21(19(28)16-29-24)31-20-8-7-18(13-22(20)30(25(31)33)17(2)26(3,4)34)23(32)15-27(5)9-11-38(35,36)12-10-27/h7-8,13-14,16-17,34H,6,9-12,15H2,1-5H3. The Bertz CT molecular complexity index is 1540. The van der Waals surface area contributed by atoms with Crippen LogP contribution in [0.3, 0.4) is 0 Å². The zero-order valence-corrected chi connectivity index (χ0v) is 23.1. The topological polar surface area (TPSA) is 120 Å². The largest absolute Gasteiger partial charge is 0.478 e. The molecule has 1 aliphatic rings. The number of sulfone groups is 1. The molecule has 1 aliphatic heterocycles. The number of hydrogen-bond donors (Lipinski definition) is 1. The Morgan fingerprint density at radius 2 is 1.89 bits per heavy atom. The highest BCUT2D eigenvalue weighted by atomic mass is 32.2. The van der Waals surface area contributed by atoms with Gasteiger partial charge in [0.2, 0.25) is 5.88 Å². The van der Waals surface area contributed by atoms with Crippen molar-refractivity contribution in [2.75, 3.05) is 18.1 Å². The number of fused-ring (bicyclic) bond motifs is 1. The van der Waals surface area contributed by atoms with Crippen LogP contribution in [0.15, 0.2) is 35.3 Å². The Labute approximate surface area is 221 Å². The number of ether oxygens (including phenoxy) is 1. The fourth-order valence-corrected chi connectivity index (χ4v) is 6.63. The van der Waals surface area contributed by atoms with Crippen LogP contribution in [0.4, 0.5) is 4.39 Å². The van der Waals surface area contributed by atoms with E-state index in [2.05, 4.69) is 4.98 Å². The van der Waals surface area contributed by atoms with Gasteiger partial charge in [-0.05, 0) is 64.2 Å². The van der Waals surface area contributed by atoms with Crippen molar-refractivity contribution >= 4 is 26.7 Å². The molecule has 0 amide bonds. The third-order valence-corrected chi connectivity index (χ3v) is 9.22. The highest BCUT2D eigenvalue weighted by Gasteiger charge is 2.36. The van der Waals surface area contributed by atoms with Gasteiger partial charge in [-0.15, -0.1) is 0 Å². The minimum atomic E-state index is -3.07. The van der Waals surface area contributed by atoms with Gasteiger partial charge in [0.15, 0.2) is 11.6 Å². The summed E-state index contributed by atoms with van der Waals surface area (Å²) >= 11 is 0. The van der Waals surface area contributed by atoms with Gasteiger partial charge in [-0.1, -0.05) is 6.92 Å². The number of aliphatic hydroxyl groups is 1. The van der Waals surface area contributed by atoms with Crippen molar-refractivity contribution in [2.45, 2.75) is 65.5 Å². The van der Waals surface area contributed by atoms with Gasteiger partial charge in [0, 0.05) is 18.1 Å². The lowest BCUT2D eigenvalue weighted by atomic mass is 9.78. The number of nitrogens with zero attached hydrogens (tertiary/aromatic N) is 3. The van der Waals surface area contributed by atoms with E-state index in [4.69, 9.17) is 4.74 Å². The normalized spacial score (nSPS) is 17.9. The molecule has 0 spiro atoms. The van der Waals surface area contributed by atoms with Crippen molar-refractivity contribution in [1.29, 1.82) is 0 Å². The van der Waals surface area contributed by atoms with Crippen molar-refractivity contribution in [1.82, 2.24) is 14.1 Å². The quantitative estimate of drug-likeness (QED) is 0.425. The first kappa shape index (κ1) is 28.0. The van der Waals surface area contributed by atoms with Crippen LogP contribution >= 0.6 is 0 Å². The van der Waals surface area contributed by atoms with E-state index >= 15 is 0 Å². The monoisotopic (exact) mass is 547 g/mol. The van der Waals surface area contributed by atoms with E-state index < -0.39 is 38.4 Å². The lowest BCUT2D eigenvalue weighted by Crippen LogP contribution is -2.37. The number of rotatable bonds is 8. The van der Waals surface area contributed by atoms with Crippen molar-refractivity contribution in [3.63, 3.8) is 0 Å². The molecule has 38 heavy (non-hydrogen) atoms. The predicted octanol–water partition coefficient (Wildman–Crippen LogP) is 3.84. The first-order valence-corrected chi connectivity index (χ1v) is 14.5. The number of Topliss-reactive ketones (excluding diaryl/α,β-unsaturated/α-hetero) is 1. The summed E-state index contributed by atoms with van der Waals surface area (Å²) in [6.07, 6.45) is 1.96. The summed E-state index contributed by atoms with van der Waals surface area (Å²) in [4.78, 5) is 31.0. The zero-order valence-electron chi connectivity index (χ0n) is 22.3. The van der Waals surface area contributed by atoms with E-state index in [-0.39, 0.29) is 35.3 Å². The highest BCUT2D eigenvalue weighted by molar-refractivity contribution is 7.91. The summed E-state index contributed by atoms with van der Waals surface area (Å²) in [5.41, 5.74) is -1.33. The van der Waals surface area contributed by atoms with E-state index in [1.807, 2.05) is 6.92 Å². The molecule has 9 nitrogen and oxygen atoms in total. The number of carbonyl (C=O) groups excluding carboxylic acids is 1. The average Bonchev–Trinajstić information content (AvgIpc) is 3.12. The maximum Gasteiger partial charge on any atom is 0.334 e. The number of hydrogen-bond acceptors (Lipinski definition) is 7. The molecule has 1 saturated heterocycles. The van der Waals surface area contributed by atoms with Crippen LogP contribution < -0.4 is 10.4 Å². The maximum atomic E-state index is 15.0. The Morgan fingerprint density at radius 1 is 1.24 bits per heavy atom. The summed E-state index contributed by atoms with van der Waals surface area (Å²) < 4.78 is 46.7. The second kappa shape index (κ2) is 9.92. The third kappa shape index (κ3) is 5.40. The fourth-order valence-electron chi connectivity index (χ4n) is 4.82. The van der Waals surface area contributed by atoms with Crippen molar-refractivity contribution < 1.29 is 27.4 Å². The molecule has 1 aromatic carbocycles. The van der Waals surface area contributed by atoms with E-state index in [1.165, 1.54) is 15.2 Å². The number of halogens is 1. The Morgan fingerprint density at radius 3 is 2.50 bits per heavy atom.